The average molecular weight is 182 g/mol. The second-order valence-electron chi connectivity index (χ2n) is 4.47. The molecule has 0 aromatic rings. The number of nitrogens with zero attached hydrogens (tertiary/aromatic N) is 1. The van der Waals surface area contributed by atoms with Gasteiger partial charge in [0.05, 0.1) is 11.3 Å². The number of hydrogen-bond acceptors (Lipinski definition) is 2. The zero-order valence-electron chi connectivity index (χ0n) is 9.73. The summed E-state index contributed by atoms with van der Waals surface area (Å²) in [5.74, 6) is 0.550. The fourth-order valence-electron chi connectivity index (χ4n) is 0.452. The van der Waals surface area contributed by atoms with Gasteiger partial charge in [0.25, 0.3) is 0 Å². The third kappa shape index (κ3) is 4.11. The maximum Gasteiger partial charge on any atom is 0.0595 e. The summed E-state index contributed by atoms with van der Waals surface area (Å²) < 4.78 is 0. The third-order valence-corrected chi connectivity index (χ3v) is 2.57. The lowest BCUT2D eigenvalue weighted by atomic mass is 9.92. The van der Waals surface area contributed by atoms with E-state index in [1.54, 1.807) is 0 Å². The van der Waals surface area contributed by atoms with Crippen molar-refractivity contribution in [2.75, 3.05) is 0 Å². The number of nitrogens with one attached hydrogen (secondary N) is 1. The second kappa shape index (κ2) is 4.45. The van der Waals surface area contributed by atoms with E-state index in [-0.39, 0.29) is 5.54 Å². The summed E-state index contributed by atoms with van der Waals surface area (Å²) in [5.41, 5.74) is 5.18. The van der Waals surface area contributed by atoms with Gasteiger partial charge in [-0.15, -0.1) is 0 Å². The first kappa shape index (κ1) is 12.2. The highest BCUT2D eigenvalue weighted by Gasteiger charge is 2.20. The van der Waals surface area contributed by atoms with E-state index < -0.39 is 0 Å². The SMILES string of the molecule is C=C(C)C(C)=NNC(C)(C)C(C)C. The molecule has 0 amide bonds. The van der Waals surface area contributed by atoms with Crippen molar-refractivity contribution >= 4 is 5.71 Å². The van der Waals surface area contributed by atoms with Gasteiger partial charge >= 0.3 is 0 Å². The first-order valence-electron chi connectivity index (χ1n) is 4.74. The summed E-state index contributed by atoms with van der Waals surface area (Å²) >= 11 is 0. The van der Waals surface area contributed by atoms with Crippen LogP contribution in [0.5, 0.6) is 0 Å². The molecule has 0 saturated heterocycles. The number of hydrogen-bond donors (Lipinski definition) is 1. The van der Waals surface area contributed by atoms with Crippen LogP contribution in [0.4, 0.5) is 0 Å². The molecule has 0 aromatic heterocycles. The van der Waals surface area contributed by atoms with Crippen molar-refractivity contribution in [3.8, 4) is 0 Å². The van der Waals surface area contributed by atoms with Gasteiger partial charge < -0.3 is 5.43 Å². The Hall–Kier alpha value is -0.790. The van der Waals surface area contributed by atoms with E-state index >= 15 is 0 Å². The normalized spacial score (nSPS) is 13.3. The summed E-state index contributed by atoms with van der Waals surface area (Å²) in [6, 6.07) is 0. The topological polar surface area (TPSA) is 24.4 Å². The lowest BCUT2D eigenvalue weighted by Gasteiger charge is -2.29. The van der Waals surface area contributed by atoms with Crippen molar-refractivity contribution in [3.63, 3.8) is 0 Å². The Balaban J connectivity index is 4.31. The van der Waals surface area contributed by atoms with E-state index in [0.29, 0.717) is 5.92 Å². The van der Waals surface area contributed by atoms with Gasteiger partial charge in [-0.25, -0.2) is 0 Å². The van der Waals surface area contributed by atoms with Gasteiger partial charge in [-0.1, -0.05) is 20.4 Å². The second-order valence-corrected chi connectivity index (χ2v) is 4.47. The van der Waals surface area contributed by atoms with Crippen LogP contribution in [-0.2, 0) is 0 Å². The van der Waals surface area contributed by atoms with Crippen LogP contribution in [0, 0.1) is 5.92 Å². The molecule has 0 bridgehead atoms. The van der Waals surface area contributed by atoms with Gasteiger partial charge in [0.15, 0.2) is 0 Å². The largest absolute Gasteiger partial charge is 0.304 e. The molecule has 0 saturated carbocycles. The highest BCUT2D eigenvalue weighted by Crippen LogP contribution is 2.14. The Morgan fingerprint density at radius 2 is 1.77 bits per heavy atom. The van der Waals surface area contributed by atoms with Gasteiger partial charge in [-0.05, 0) is 39.2 Å². The predicted molar refractivity (Wildman–Crippen MR) is 60.0 cm³/mol. The van der Waals surface area contributed by atoms with E-state index in [1.165, 1.54) is 0 Å². The first-order valence-corrected chi connectivity index (χ1v) is 4.74. The van der Waals surface area contributed by atoms with Crippen molar-refractivity contribution < 1.29 is 0 Å². The minimum absolute atomic E-state index is 0.0384. The van der Waals surface area contributed by atoms with Gasteiger partial charge in [0, 0.05) is 0 Å². The molecule has 0 fully saturated rings. The molecule has 0 spiro atoms. The van der Waals surface area contributed by atoms with E-state index in [1.807, 2.05) is 13.8 Å². The molecule has 2 heteroatoms. The summed E-state index contributed by atoms with van der Waals surface area (Å²) in [4.78, 5) is 0. The van der Waals surface area contributed by atoms with E-state index in [2.05, 4.69) is 44.8 Å². The van der Waals surface area contributed by atoms with Gasteiger partial charge in [0.1, 0.15) is 0 Å². The summed E-state index contributed by atoms with van der Waals surface area (Å²) in [6.45, 7) is 16.4. The Labute approximate surface area is 82.1 Å². The smallest absolute Gasteiger partial charge is 0.0595 e. The number of hydrazone groups is 1. The minimum atomic E-state index is 0.0384. The third-order valence-electron chi connectivity index (χ3n) is 2.57. The average Bonchev–Trinajstić information content (AvgIpc) is 1.99. The molecule has 0 rings (SSSR count). The van der Waals surface area contributed by atoms with Crippen LogP contribution in [0.1, 0.15) is 41.5 Å². The Bertz CT molecular complexity index is 212. The zero-order valence-corrected chi connectivity index (χ0v) is 9.73. The summed E-state index contributed by atoms with van der Waals surface area (Å²) in [7, 11) is 0. The van der Waals surface area contributed by atoms with Crippen molar-refractivity contribution in [3.05, 3.63) is 12.2 Å². The van der Waals surface area contributed by atoms with Crippen molar-refractivity contribution in [1.29, 1.82) is 0 Å². The fraction of sp³-hybridized carbons (Fsp3) is 0.727. The maximum absolute atomic E-state index is 4.28. The highest BCUT2D eigenvalue weighted by molar-refractivity contribution is 5.96. The molecule has 0 aliphatic heterocycles. The molecule has 76 valence electrons. The van der Waals surface area contributed by atoms with Crippen molar-refractivity contribution in [2.45, 2.75) is 47.1 Å². The lowest BCUT2D eigenvalue weighted by Crippen LogP contribution is -2.41. The van der Waals surface area contributed by atoms with E-state index in [0.717, 1.165) is 11.3 Å². The quantitative estimate of drug-likeness (QED) is 0.524. The minimum Gasteiger partial charge on any atom is -0.304 e. The standard InChI is InChI=1S/C11H22N2/c1-8(2)10(5)12-13-11(6,7)9(3)4/h9,13H,1H2,2-7H3. The molecule has 0 aliphatic rings. The molecule has 0 atom stereocenters. The molecule has 2 nitrogen and oxygen atoms in total. The molecular weight excluding hydrogens is 160 g/mol. The maximum atomic E-state index is 4.28. The summed E-state index contributed by atoms with van der Waals surface area (Å²) in [6.07, 6.45) is 0. The van der Waals surface area contributed by atoms with Crippen molar-refractivity contribution in [1.82, 2.24) is 5.43 Å². The highest BCUT2D eigenvalue weighted by atomic mass is 15.3. The number of allylic oxidation sites excluding steroid dienone is 1. The van der Waals surface area contributed by atoms with Crippen molar-refractivity contribution in [2.24, 2.45) is 11.0 Å². The van der Waals surface area contributed by atoms with Crippen LogP contribution < -0.4 is 5.43 Å². The summed E-state index contributed by atoms with van der Waals surface area (Å²) in [5, 5.41) is 4.28. The molecule has 13 heavy (non-hydrogen) atoms. The molecule has 0 unspecified atom stereocenters. The van der Waals surface area contributed by atoms with E-state index in [4.69, 9.17) is 0 Å². The molecule has 1 N–H and O–H groups in total. The van der Waals surface area contributed by atoms with Crippen LogP contribution >= 0.6 is 0 Å². The molecule has 0 heterocycles. The molecule has 0 aliphatic carbocycles. The fourth-order valence-corrected chi connectivity index (χ4v) is 0.452. The molecule has 0 radical (unpaired) electrons. The Morgan fingerprint density at radius 1 is 1.31 bits per heavy atom. The monoisotopic (exact) mass is 182 g/mol. The van der Waals surface area contributed by atoms with Gasteiger partial charge in [-0.3, -0.25) is 0 Å². The van der Waals surface area contributed by atoms with Crippen LogP contribution in [0.25, 0.3) is 0 Å². The lowest BCUT2D eigenvalue weighted by molar-refractivity contribution is 0.294. The van der Waals surface area contributed by atoms with Gasteiger partial charge in [0.2, 0.25) is 0 Å². The van der Waals surface area contributed by atoms with Crippen LogP contribution in [0.2, 0.25) is 0 Å². The molecular formula is C11H22N2. The zero-order chi connectivity index (χ0) is 10.6. The van der Waals surface area contributed by atoms with Crippen LogP contribution in [-0.4, -0.2) is 11.3 Å². The van der Waals surface area contributed by atoms with E-state index in [9.17, 15) is 0 Å². The molecule has 0 aromatic carbocycles. The Kier molecular flexibility index (Phi) is 4.18. The van der Waals surface area contributed by atoms with Crippen LogP contribution in [0.15, 0.2) is 17.3 Å². The Morgan fingerprint density at radius 3 is 2.08 bits per heavy atom. The predicted octanol–water partition coefficient (Wildman–Crippen LogP) is 2.96. The first-order chi connectivity index (χ1) is 5.77. The van der Waals surface area contributed by atoms with Gasteiger partial charge in [-0.2, -0.15) is 5.10 Å². The van der Waals surface area contributed by atoms with Crippen LogP contribution in [0.3, 0.4) is 0 Å². The number of rotatable bonds is 4.